The highest BCUT2D eigenvalue weighted by atomic mass is 32.2. The number of carbonyl (C=O) groups excluding carboxylic acids is 1. The van der Waals surface area contributed by atoms with Gasteiger partial charge < -0.3 is 5.32 Å². The first-order valence-electron chi connectivity index (χ1n) is 10.4. The number of fused-ring (bicyclic) bond motifs is 1. The molecular weight excluding hydrogens is 419 g/mol. The molecule has 1 aliphatic carbocycles. The quantitative estimate of drug-likeness (QED) is 0.665. The number of hydrogen-bond acceptors (Lipinski definition) is 5. The van der Waals surface area contributed by atoms with E-state index in [0.29, 0.717) is 45.9 Å². The molecule has 5 rings (SSSR count). The molecular formula is C22H23FN4O3S. The Kier molecular flexibility index (Phi) is 4.62. The highest BCUT2D eigenvalue weighted by molar-refractivity contribution is 7.91. The number of carbonyl (C=O) groups is 1. The van der Waals surface area contributed by atoms with E-state index >= 15 is 0 Å². The van der Waals surface area contributed by atoms with Gasteiger partial charge in [0.1, 0.15) is 5.82 Å². The summed E-state index contributed by atoms with van der Waals surface area (Å²) in [5, 5.41) is 7.98. The number of hydrogen-bond donors (Lipinski definition) is 1. The lowest BCUT2D eigenvalue weighted by molar-refractivity contribution is 0.102. The van der Waals surface area contributed by atoms with E-state index in [-0.39, 0.29) is 29.3 Å². The predicted octanol–water partition coefficient (Wildman–Crippen LogP) is 3.68. The van der Waals surface area contributed by atoms with E-state index in [1.54, 1.807) is 36.7 Å². The third kappa shape index (κ3) is 3.71. The highest BCUT2D eigenvalue weighted by Crippen LogP contribution is 2.41. The molecule has 9 heteroatoms. The number of rotatable bonds is 4. The Labute approximate surface area is 179 Å². The molecule has 1 atom stereocenters. The average Bonchev–Trinajstić information content (AvgIpc) is 3.43. The summed E-state index contributed by atoms with van der Waals surface area (Å²) in [5.41, 5.74) is 3.28. The van der Waals surface area contributed by atoms with Gasteiger partial charge in [0, 0.05) is 17.3 Å². The molecule has 3 aromatic rings. The zero-order chi connectivity index (χ0) is 21.9. The van der Waals surface area contributed by atoms with E-state index in [1.165, 1.54) is 6.07 Å². The maximum atomic E-state index is 13.9. The minimum atomic E-state index is -3.10. The lowest BCUT2D eigenvalue weighted by Crippen LogP contribution is -2.15. The first kappa shape index (κ1) is 20.1. The number of aryl methyl sites for hydroxylation is 2. The van der Waals surface area contributed by atoms with Gasteiger partial charge in [-0.05, 0) is 56.9 Å². The fraction of sp³-hybridized carbons (Fsp3) is 0.409. The van der Waals surface area contributed by atoms with Crippen LogP contribution in [-0.2, 0) is 9.84 Å². The predicted molar refractivity (Wildman–Crippen MR) is 116 cm³/mol. The van der Waals surface area contributed by atoms with Crippen LogP contribution in [0.15, 0.2) is 24.3 Å². The topological polar surface area (TPSA) is 93.9 Å². The largest absolute Gasteiger partial charge is 0.322 e. The van der Waals surface area contributed by atoms with Crippen LogP contribution in [-0.4, -0.2) is 40.6 Å². The van der Waals surface area contributed by atoms with Gasteiger partial charge >= 0.3 is 0 Å². The van der Waals surface area contributed by atoms with Crippen molar-refractivity contribution < 1.29 is 17.6 Å². The normalized spacial score (nSPS) is 20.3. The van der Waals surface area contributed by atoms with Crippen LogP contribution < -0.4 is 5.32 Å². The Bertz CT molecular complexity index is 1330. The molecule has 31 heavy (non-hydrogen) atoms. The first-order chi connectivity index (χ1) is 14.7. The van der Waals surface area contributed by atoms with Crippen LogP contribution in [0.1, 0.15) is 58.5 Å². The summed E-state index contributed by atoms with van der Waals surface area (Å²) in [5.74, 6) is -0.291. The van der Waals surface area contributed by atoms with Crippen LogP contribution in [0.3, 0.4) is 0 Å². The van der Waals surface area contributed by atoms with Gasteiger partial charge in [0.05, 0.1) is 34.2 Å². The highest BCUT2D eigenvalue weighted by Gasteiger charge is 2.34. The van der Waals surface area contributed by atoms with Gasteiger partial charge in [-0.15, -0.1) is 0 Å². The zero-order valence-corrected chi connectivity index (χ0v) is 18.2. The van der Waals surface area contributed by atoms with E-state index < -0.39 is 9.84 Å². The minimum Gasteiger partial charge on any atom is -0.322 e. The number of pyridine rings is 1. The number of nitrogens with zero attached hydrogens (tertiary/aromatic N) is 3. The molecule has 7 nitrogen and oxygen atoms in total. The van der Waals surface area contributed by atoms with Crippen molar-refractivity contribution in [1.82, 2.24) is 14.8 Å². The SMILES string of the molecule is Cc1ccc(NC(=O)c2cc(C3CC3)nc3c2c(C)nn3[C@@H]2CCS(=O)(=O)C2)cc1F. The molecule has 0 spiro atoms. The summed E-state index contributed by atoms with van der Waals surface area (Å²) in [7, 11) is -3.10. The Morgan fingerprint density at radius 3 is 2.61 bits per heavy atom. The molecule has 1 aromatic carbocycles. The van der Waals surface area contributed by atoms with Gasteiger partial charge in [-0.25, -0.2) is 22.5 Å². The number of nitrogens with one attached hydrogen (secondary N) is 1. The van der Waals surface area contributed by atoms with E-state index in [1.807, 2.05) is 0 Å². The van der Waals surface area contributed by atoms with Crippen molar-refractivity contribution >= 4 is 32.5 Å². The summed E-state index contributed by atoms with van der Waals surface area (Å²) >= 11 is 0. The smallest absolute Gasteiger partial charge is 0.256 e. The second-order valence-corrected chi connectivity index (χ2v) is 10.8. The van der Waals surface area contributed by atoms with Crippen LogP contribution in [0.4, 0.5) is 10.1 Å². The van der Waals surface area contributed by atoms with Crippen molar-refractivity contribution in [2.75, 3.05) is 16.8 Å². The van der Waals surface area contributed by atoms with Crippen LogP contribution in [0.25, 0.3) is 11.0 Å². The van der Waals surface area contributed by atoms with Gasteiger partial charge in [0.15, 0.2) is 15.5 Å². The Morgan fingerprint density at radius 2 is 1.97 bits per heavy atom. The fourth-order valence-electron chi connectivity index (χ4n) is 4.19. The van der Waals surface area contributed by atoms with E-state index in [4.69, 9.17) is 4.98 Å². The number of benzene rings is 1. The third-order valence-electron chi connectivity index (χ3n) is 6.08. The Hall–Kier alpha value is -2.81. The Balaban J connectivity index is 1.60. The first-order valence-corrected chi connectivity index (χ1v) is 12.2. The molecule has 0 bridgehead atoms. The molecule has 2 fully saturated rings. The van der Waals surface area contributed by atoms with Crippen molar-refractivity contribution in [2.45, 2.75) is 45.1 Å². The molecule has 0 unspecified atom stereocenters. The molecule has 0 radical (unpaired) electrons. The number of aromatic nitrogens is 3. The minimum absolute atomic E-state index is 0.0305. The third-order valence-corrected chi connectivity index (χ3v) is 7.83. The van der Waals surface area contributed by atoms with Gasteiger partial charge in [-0.1, -0.05) is 6.07 Å². The van der Waals surface area contributed by atoms with Crippen LogP contribution in [0.2, 0.25) is 0 Å². The van der Waals surface area contributed by atoms with Crippen molar-refractivity contribution in [1.29, 1.82) is 0 Å². The monoisotopic (exact) mass is 442 g/mol. The van der Waals surface area contributed by atoms with Gasteiger partial charge in [-0.2, -0.15) is 5.10 Å². The maximum Gasteiger partial charge on any atom is 0.256 e. The number of anilines is 1. The maximum absolute atomic E-state index is 13.9. The second kappa shape index (κ2) is 7.12. The number of amides is 1. The lowest BCUT2D eigenvalue weighted by Gasteiger charge is -2.12. The van der Waals surface area contributed by atoms with Gasteiger partial charge in [-0.3, -0.25) is 4.79 Å². The summed E-state index contributed by atoms with van der Waals surface area (Å²) < 4.78 is 39.7. The summed E-state index contributed by atoms with van der Waals surface area (Å²) in [6.45, 7) is 3.46. The van der Waals surface area contributed by atoms with E-state index in [0.717, 1.165) is 18.5 Å². The number of halogens is 1. The van der Waals surface area contributed by atoms with E-state index in [9.17, 15) is 17.6 Å². The van der Waals surface area contributed by atoms with Gasteiger partial charge in [0.25, 0.3) is 5.91 Å². The standard InChI is InChI=1S/C22H23FN4O3S/c1-12-3-6-15(9-18(12)23)24-22(28)17-10-19(14-4-5-14)25-21-20(17)13(2)26-27(21)16-7-8-31(29,30)11-16/h3,6,9-10,14,16H,4-5,7-8,11H2,1-2H3,(H,24,28)/t16-/m1/s1. The van der Waals surface area contributed by atoms with Crippen molar-refractivity contribution in [2.24, 2.45) is 0 Å². The number of sulfone groups is 1. The fourth-order valence-corrected chi connectivity index (χ4v) is 5.88. The van der Waals surface area contributed by atoms with Crippen LogP contribution in [0, 0.1) is 19.7 Å². The summed E-state index contributed by atoms with van der Waals surface area (Å²) in [6, 6.07) is 6.09. The van der Waals surface area contributed by atoms with Crippen molar-refractivity contribution in [3.8, 4) is 0 Å². The van der Waals surface area contributed by atoms with Gasteiger partial charge in [0.2, 0.25) is 0 Å². The van der Waals surface area contributed by atoms with Crippen molar-refractivity contribution in [3.63, 3.8) is 0 Å². The molecule has 3 heterocycles. The molecule has 1 aliphatic heterocycles. The lowest BCUT2D eigenvalue weighted by atomic mass is 10.1. The molecule has 162 valence electrons. The summed E-state index contributed by atoms with van der Waals surface area (Å²) in [6.07, 6.45) is 2.50. The van der Waals surface area contributed by atoms with E-state index in [2.05, 4.69) is 10.4 Å². The molecule has 1 saturated heterocycles. The summed E-state index contributed by atoms with van der Waals surface area (Å²) in [4.78, 5) is 18.0. The molecule has 2 aliphatic rings. The van der Waals surface area contributed by atoms with Crippen LogP contribution >= 0.6 is 0 Å². The second-order valence-electron chi connectivity index (χ2n) is 8.57. The Morgan fingerprint density at radius 1 is 1.19 bits per heavy atom. The van der Waals surface area contributed by atoms with Crippen molar-refractivity contribution in [3.05, 3.63) is 52.6 Å². The molecule has 1 N–H and O–H groups in total. The molecule has 2 aromatic heterocycles. The molecule has 1 amide bonds. The zero-order valence-electron chi connectivity index (χ0n) is 17.4. The molecule has 1 saturated carbocycles. The van der Waals surface area contributed by atoms with Crippen LogP contribution in [0.5, 0.6) is 0 Å². The average molecular weight is 443 g/mol.